The lowest BCUT2D eigenvalue weighted by Crippen LogP contribution is -2.35. The predicted octanol–water partition coefficient (Wildman–Crippen LogP) is 3.61. The molecule has 1 aliphatic rings. The number of rotatable bonds is 10. The summed E-state index contributed by atoms with van der Waals surface area (Å²) in [5.74, 6) is -0.693. The fraction of sp³-hybridized carbons (Fsp3) is 0.269. The Morgan fingerprint density at radius 1 is 1.15 bits per heavy atom. The van der Waals surface area contributed by atoms with E-state index >= 15 is 0 Å². The van der Waals surface area contributed by atoms with E-state index in [2.05, 4.69) is 12.0 Å². The Morgan fingerprint density at radius 3 is 2.53 bits per heavy atom. The summed E-state index contributed by atoms with van der Waals surface area (Å²) in [6, 6.07) is 12.3. The largest absolute Gasteiger partial charge is 0.490 e. The van der Waals surface area contributed by atoms with Crippen LogP contribution in [0.5, 0.6) is 11.5 Å². The topological polar surface area (TPSA) is 94.2 Å². The van der Waals surface area contributed by atoms with Gasteiger partial charge in [-0.3, -0.25) is 15.0 Å². The number of amides is 2. The van der Waals surface area contributed by atoms with Crippen LogP contribution in [0.1, 0.15) is 31.9 Å². The van der Waals surface area contributed by atoms with E-state index in [1.54, 1.807) is 56.3 Å². The average Bonchev–Trinajstić information content (AvgIpc) is 3.07. The van der Waals surface area contributed by atoms with Crippen LogP contribution in [0.25, 0.3) is 6.08 Å². The maximum Gasteiger partial charge on any atom is 0.344 e. The quantitative estimate of drug-likeness (QED) is 0.250. The minimum atomic E-state index is -0.506. The number of ether oxygens (including phenoxy) is 3. The highest BCUT2D eigenvalue weighted by atomic mass is 16.6. The van der Waals surface area contributed by atoms with Crippen LogP contribution in [-0.4, -0.2) is 37.1 Å². The molecule has 2 aromatic rings. The summed E-state index contributed by atoms with van der Waals surface area (Å²) in [6.45, 7) is 9.18. The van der Waals surface area contributed by atoms with Gasteiger partial charge in [-0.2, -0.15) is 0 Å². The molecule has 8 nitrogen and oxygen atoms in total. The summed E-state index contributed by atoms with van der Waals surface area (Å²) in [6.07, 6.45) is 3.36. The highest BCUT2D eigenvalue weighted by molar-refractivity contribution is 6.31. The van der Waals surface area contributed by atoms with Crippen LogP contribution in [0.3, 0.4) is 0 Å². The Kier molecular flexibility index (Phi) is 8.08. The molecule has 0 unspecified atom stereocenters. The fourth-order valence-corrected chi connectivity index (χ4v) is 3.41. The van der Waals surface area contributed by atoms with Gasteiger partial charge in [0.1, 0.15) is 5.57 Å². The molecule has 0 atom stereocenters. The van der Waals surface area contributed by atoms with Gasteiger partial charge in [0.25, 0.3) is 11.8 Å². The molecule has 0 aromatic heterocycles. The Hall–Kier alpha value is -4.07. The Bertz CT molecular complexity index is 1110. The number of nitrogens with zero attached hydrogens (tertiary/aromatic N) is 1. The molecule has 0 saturated carbocycles. The van der Waals surface area contributed by atoms with Crippen LogP contribution in [0.4, 0.5) is 5.69 Å². The van der Waals surface area contributed by atoms with E-state index in [4.69, 9.17) is 14.2 Å². The maximum absolute atomic E-state index is 12.9. The Balaban J connectivity index is 1.94. The minimum Gasteiger partial charge on any atom is -0.490 e. The maximum atomic E-state index is 12.9. The summed E-state index contributed by atoms with van der Waals surface area (Å²) in [4.78, 5) is 37.5. The standard InChI is InChI=1S/C26H28N2O6/c1-5-10-19-13-18(15-22(32-6-2)24(19)33-16-23(29)34-17(3)4)14-21-25(30)27-28(26(21)31)20-11-8-7-9-12-20/h5,7-9,11-15,17H,1,6,10,16H2,2-4H3,(H,27,30)/b21-14-. The van der Waals surface area contributed by atoms with Crippen LogP contribution >= 0.6 is 0 Å². The van der Waals surface area contributed by atoms with E-state index in [0.29, 0.717) is 41.3 Å². The molecule has 8 heteroatoms. The number of esters is 1. The molecule has 1 saturated heterocycles. The number of hydrogen-bond donors (Lipinski definition) is 1. The average molecular weight is 465 g/mol. The molecule has 3 rings (SSSR count). The molecular weight excluding hydrogens is 436 g/mol. The number of carbonyl (C=O) groups is 3. The van der Waals surface area contributed by atoms with Gasteiger partial charge in [0.05, 0.1) is 18.4 Å². The second-order valence-electron chi connectivity index (χ2n) is 7.74. The second-order valence-corrected chi connectivity index (χ2v) is 7.74. The number of allylic oxidation sites excluding steroid dienone is 1. The van der Waals surface area contributed by atoms with Gasteiger partial charge in [-0.15, -0.1) is 6.58 Å². The van der Waals surface area contributed by atoms with Crippen molar-refractivity contribution >= 4 is 29.5 Å². The van der Waals surface area contributed by atoms with E-state index in [-0.39, 0.29) is 18.3 Å². The van der Waals surface area contributed by atoms with Crippen LogP contribution < -0.4 is 19.9 Å². The van der Waals surface area contributed by atoms with Crippen molar-refractivity contribution in [1.82, 2.24) is 5.43 Å². The summed E-state index contributed by atoms with van der Waals surface area (Å²) >= 11 is 0. The lowest BCUT2D eigenvalue weighted by molar-refractivity contribution is -0.149. The summed E-state index contributed by atoms with van der Waals surface area (Å²) in [5.41, 5.74) is 4.40. The number of hydrazine groups is 1. The van der Waals surface area contributed by atoms with Gasteiger partial charge >= 0.3 is 5.97 Å². The molecule has 0 aliphatic carbocycles. The number of hydrogen-bond acceptors (Lipinski definition) is 6. The number of carbonyl (C=O) groups excluding carboxylic acids is 3. The SMILES string of the molecule is C=CCc1cc(/C=C2/C(=O)NN(c3ccccc3)C2=O)cc(OCC)c1OCC(=O)OC(C)C. The zero-order chi connectivity index (χ0) is 24.7. The molecule has 1 aliphatic heterocycles. The van der Waals surface area contributed by atoms with Crippen LogP contribution in [0, 0.1) is 0 Å². The first kappa shape index (κ1) is 24.6. The zero-order valence-corrected chi connectivity index (χ0v) is 19.5. The van der Waals surface area contributed by atoms with E-state index in [9.17, 15) is 14.4 Å². The van der Waals surface area contributed by atoms with E-state index in [1.807, 2.05) is 13.0 Å². The van der Waals surface area contributed by atoms with Gasteiger partial charge in [-0.25, -0.2) is 9.80 Å². The third kappa shape index (κ3) is 5.83. The van der Waals surface area contributed by atoms with Gasteiger partial charge < -0.3 is 14.2 Å². The molecule has 0 bridgehead atoms. The smallest absolute Gasteiger partial charge is 0.344 e. The van der Waals surface area contributed by atoms with Crippen molar-refractivity contribution < 1.29 is 28.6 Å². The van der Waals surface area contributed by atoms with Crippen molar-refractivity contribution in [1.29, 1.82) is 0 Å². The van der Waals surface area contributed by atoms with Gasteiger partial charge in [0.2, 0.25) is 0 Å². The van der Waals surface area contributed by atoms with E-state index in [0.717, 1.165) is 0 Å². The van der Waals surface area contributed by atoms with Crippen molar-refractivity contribution in [2.45, 2.75) is 33.3 Å². The van der Waals surface area contributed by atoms with Crippen molar-refractivity contribution in [3.63, 3.8) is 0 Å². The molecule has 178 valence electrons. The molecule has 2 amide bonds. The summed E-state index contributed by atoms with van der Waals surface area (Å²) in [5, 5.41) is 1.21. The van der Waals surface area contributed by atoms with Crippen LogP contribution in [-0.2, 0) is 25.5 Å². The predicted molar refractivity (Wildman–Crippen MR) is 128 cm³/mol. The highest BCUT2D eigenvalue weighted by Gasteiger charge is 2.34. The monoisotopic (exact) mass is 464 g/mol. The van der Waals surface area contributed by atoms with Gasteiger partial charge in [-0.05, 0) is 63.1 Å². The first-order valence-corrected chi connectivity index (χ1v) is 11.0. The molecule has 34 heavy (non-hydrogen) atoms. The molecule has 1 fully saturated rings. The fourth-order valence-electron chi connectivity index (χ4n) is 3.41. The molecule has 0 radical (unpaired) electrons. The first-order valence-electron chi connectivity index (χ1n) is 11.0. The Morgan fingerprint density at radius 2 is 1.88 bits per heavy atom. The highest BCUT2D eigenvalue weighted by Crippen LogP contribution is 2.35. The number of benzene rings is 2. The normalized spacial score (nSPS) is 14.4. The van der Waals surface area contributed by atoms with Crippen molar-refractivity contribution in [2.24, 2.45) is 0 Å². The lowest BCUT2D eigenvalue weighted by atomic mass is 10.0. The molecular formula is C26H28N2O6. The third-order valence-electron chi connectivity index (χ3n) is 4.74. The van der Waals surface area contributed by atoms with Crippen molar-refractivity contribution in [2.75, 3.05) is 18.2 Å². The van der Waals surface area contributed by atoms with Crippen molar-refractivity contribution in [3.05, 3.63) is 71.8 Å². The van der Waals surface area contributed by atoms with Gasteiger partial charge in [0.15, 0.2) is 18.1 Å². The van der Waals surface area contributed by atoms with E-state index < -0.39 is 17.8 Å². The summed E-state index contributed by atoms with van der Waals surface area (Å²) < 4.78 is 16.6. The zero-order valence-electron chi connectivity index (χ0n) is 19.5. The minimum absolute atomic E-state index is 0.00923. The Labute approximate surface area is 198 Å². The molecule has 0 spiro atoms. The summed E-state index contributed by atoms with van der Waals surface area (Å²) in [7, 11) is 0. The molecule has 1 heterocycles. The number of anilines is 1. The first-order chi connectivity index (χ1) is 16.3. The molecule has 1 N–H and O–H groups in total. The van der Waals surface area contributed by atoms with Crippen molar-refractivity contribution in [3.8, 4) is 11.5 Å². The second kappa shape index (κ2) is 11.2. The lowest BCUT2D eigenvalue weighted by Gasteiger charge is -2.17. The number of nitrogens with one attached hydrogen (secondary N) is 1. The van der Waals surface area contributed by atoms with Gasteiger partial charge in [-0.1, -0.05) is 24.3 Å². The van der Waals surface area contributed by atoms with E-state index in [1.165, 1.54) is 11.1 Å². The third-order valence-corrected chi connectivity index (χ3v) is 4.74. The van der Waals surface area contributed by atoms with Gasteiger partial charge in [0, 0.05) is 5.56 Å². The molecule has 2 aromatic carbocycles. The number of para-hydroxylation sites is 1. The van der Waals surface area contributed by atoms with Crippen LogP contribution in [0.15, 0.2) is 60.7 Å². The van der Waals surface area contributed by atoms with Crippen LogP contribution in [0.2, 0.25) is 0 Å².